The number of phenolic OH excluding ortho intramolecular Hbond substituents is 1. The fourth-order valence-corrected chi connectivity index (χ4v) is 4.60. The third-order valence-corrected chi connectivity index (χ3v) is 6.17. The van der Waals surface area contributed by atoms with Gasteiger partial charge in [0.05, 0.1) is 8.95 Å². The van der Waals surface area contributed by atoms with Crippen molar-refractivity contribution in [2.75, 3.05) is 0 Å². The van der Waals surface area contributed by atoms with E-state index in [4.69, 9.17) is 4.74 Å². The van der Waals surface area contributed by atoms with Gasteiger partial charge < -0.3 is 20.3 Å². The number of halogens is 2. The van der Waals surface area contributed by atoms with Gasteiger partial charge in [-0.2, -0.15) is 0 Å². The second-order valence-corrected chi connectivity index (χ2v) is 9.51. The van der Waals surface area contributed by atoms with Crippen molar-refractivity contribution in [3.8, 4) is 17.2 Å². The van der Waals surface area contributed by atoms with Crippen LogP contribution in [0.3, 0.4) is 0 Å². The van der Waals surface area contributed by atoms with Crippen LogP contribution in [0.25, 0.3) is 0 Å². The molecule has 0 spiro atoms. The van der Waals surface area contributed by atoms with E-state index in [0.29, 0.717) is 20.4 Å². The number of amides is 1. The molecule has 3 aromatic carbocycles. The predicted molar refractivity (Wildman–Crippen MR) is 133 cm³/mol. The highest BCUT2D eigenvalue weighted by Gasteiger charge is 2.23. The molecule has 1 amide bonds. The summed E-state index contributed by atoms with van der Waals surface area (Å²) in [4.78, 5) is 24.5. The predicted octanol–water partition coefficient (Wildman–Crippen LogP) is 6.26. The van der Waals surface area contributed by atoms with Crippen molar-refractivity contribution < 1.29 is 24.5 Å². The maximum absolute atomic E-state index is 12.8. The lowest BCUT2D eigenvalue weighted by molar-refractivity contribution is -0.139. The van der Waals surface area contributed by atoms with Gasteiger partial charge in [-0.15, -0.1) is 0 Å². The Bertz CT molecular complexity index is 1140. The number of rotatable bonds is 8. The zero-order valence-corrected chi connectivity index (χ0v) is 21.2. The number of carboxylic acid groups (broad SMARTS) is 1. The zero-order chi connectivity index (χ0) is 24.1. The number of carboxylic acids is 1. The van der Waals surface area contributed by atoms with Crippen molar-refractivity contribution in [2.24, 2.45) is 0 Å². The Morgan fingerprint density at radius 2 is 1.64 bits per heavy atom. The largest absolute Gasteiger partial charge is 0.508 e. The van der Waals surface area contributed by atoms with Crippen LogP contribution in [0.2, 0.25) is 0 Å². The summed E-state index contributed by atoms with van der Waals surface area (Å²) in [6, 6.07) is 16.2. The van der Waals surface area contributed by atoms with E-state index in [2.05, 4.69) is 37.2 Å². The van der Waals surface area contributed by atoms with Crippen molar-refractivity contribution in [2.45, 2.75) is 32.2 Å². The lowest BCUT2D eigenvalue weighted by atomic mass is 10.0. The molecule has 3 rings (SSSR count). The average Bonchev–Trinajstić information content (AvgIpc) is 2.77. The summed E-state index contributed by atoms with van der Waals surface area (Å²) in [6.45, 7) is 3.94. The summed E-state index contributed by atoms with van der Waals surface area (Å²) in [5, 5.41) is 22.2. The number of hydrogen-bond acceptors (Lipinski definition) is 4. The van der Waals surface area contributed by atoms with Crippen LogP contribution in [0.4, 0.5) is 0 Å². The van der Waals surface area contributed by atoms with Gasteiger partial charge in [0.25, 0.3) is 5.91 Å². The number of phenols is 1. The molecule has 0 aromatic heterocycles. The van der Waals surface area contributed by atoms with Gasteiger partial charge in [-0.25, -0.2) is 4.79 Å². The summed E-state index contributed by atoms with van der Waals surface area (Å²) in [5.74, 6) is -0.331. The van der Waals surface area contributed by atoms with Crippen LogP contribution >= 0.6 is 31.9 Å². The molecule has 33 heavy (non-hydrogen) atoms. The molecule has 0 radical (unpaired) electrons. The second kappa shape index (κ2) is 10.9. The van der Waals surface area contributed by atoms with Gasteiger partial charge in [-0.05, 0) is 73.7 Å². The molecular weight excluding hydrogens is 554 g/mol. The van der Waals surface area contributed by atoms with Gasteiger partial charge in [0, 0.05) is 17.5 Å². The Morgan fingerprint density at radius 3 is 2.21 bits per heavy atom. The molecule has 3 N–H and O–H groups in total. The normalized spacial score (nSPS) is 11.8. The maximum atomic E-state index is 12.8. The molecule has 0 bridgehead atoms. The van der Waals surface area contributed by atoms with E-state index in [1.54, 1.807) is 30.3 Å². The van der Waals surface area contributed by atoms with Crippen LogP contribution < -0.4 is 10.1 Å². The van der Waals surface area contributed by atoms with Crippen LogP contribution in [0.5, 0.6) is 17.2 Å². The number of carbonyl (C=O) groups is 2. The molecule has 0 saturated heterocycles. The first kappa shape index (κ1) is 24.8. The zero-order valence-electron chi connectivity index (χ0n) is 18.0. The van der Waals surface area contributed by atoms with Gasteiger partial charge in [0.15, 0.2) is 5.75 Å². The minimum Gasteiger partial charge on any atom is -0.508 e. The highest BCUT2D eigenvalue weighted by molar-refractivity contribution is 9.11. The van der Waals surface area contributed by atoms with Crippen LogP contribution in [0.1, 0.15) is 41.3 Å². The Morgan fingerprint density at radius 1 is 1.00 bits per heavy atom. The number of carbonyl (C=O) groups excluding carboxylic acids is 1. The van der Waals surface area contributed by atoms with E-state index in [-0.39, 0.29) is 23.7 Å². The standard InChI is InChI=1S/C25H23Br2NO5/c1-14(2)18-13-17(8-9-22(18)29)33-23-19(26)11-16(12-20(23)27)24(30)28-21(25(31)32)10-15-6-4-3-5-7-15/h3-9,11-14,21,29H,10H2,1-2H3,(H,28,30)(H,31,32)/t21-/m0/s1. The molecule has 0 saturated carbocycles. The molecular formula is C25H23Br2NO5. The molecule has 0 aliphatic carbocycles. The third-order valence-electron chi connectivity index (χ3n) is 4.99. The fraction of sp³-hybridized carbons (Fsp3) is 0.200. The molecule has 6 nitrogen and oxygen atoms in total. The van der Waals surface area contributed by atoms with Crippen molar-refractivity contribution in [1.29, 1.82) is 0 Å². The summed E-state index contributed by atoms with van der Waals surface area (Å²) in [6.07, 6.45) is 0.171. The van der Waals surface area contributed by atoms with Crippen LogP contribution in [0, 0.1) is 0 Å². The molecule has 0 unspecified atom stereocenters. The van der Waals surface area contributed by atoms with Crippen LogP contribution in [-0.4, -0.2) is 28.1 Å². The van der Waals surface area contributed by atoms with Crippen LogP contribution in [-0.2, 0) is 11.2 Å². The van der Waals surface area contributed by atoms with Gasteiger partial charge in [0.1, 0.15) is 17.5 Å². The molecule has 172 valence electrons. The molecule has 0 aliphatic rings. The van der Waals surface area contributed by atoms with E-state index < -0.39 is 17.9 Å². The minimum absolute atomic E-state index is 0.115. The SMILES string of the molecule is CC(C)c1cc(Oc2c(Br)cc(C(=O)N[C@@H](Cc3ccccc3)C(=O)O)cc2Br)ccc1O. The number of ether oxygens (including phenoxy) is 1. The molecule has 0 fully saturated rings. The number of benzene rings is 3. The lowest BCUT2D eigenvalue weighted by Crippen LogP contribution is -2.42. The van der Waals surface area contributed by atoms with Crippen molar-refractivity contribution in [3.05, 3.63) is 86.3 Å². The second-order valence-electron chi connectivity index (χ2n) is 7.80. The number of hydrogen-bond donors (Lipinski definition) is 3. The summed E-state index contributed by atoms with van der Waals surface area (Å²) in [5.41, 5.74) is 1.84. The number of nitrogens with one attached hydrogen (secondary N) is 1. The Labute approximate surface area is 208 Å². The summed E-state index contributed by atoms with van der Waals surface area (Å²) < 4.78 is 7.01. The fourth-order valence-electron chi connectivity index (χ4n) is 3.26. The molecule has 0 aliphatic heterocycles. The van der Waals surface area contributed by atoms with E-state index in [9.17, 15) is 19.8 Å². The highest BCUT2D eigenvalue weighted by atomic mass is 79.9. The molecule has 8 heteroatoms. The summed E-state index contributed by atoms with van der Waals surface area (Å²) >= 11 is 6.87. The average molecular weight is 577 g/mol. The quantitative estimate of drug-likeness (QED) is 0.294. The Hall–Kier alpha value is -2.84. The van der Waals surface area contributed by atoms with Crippen molar-refractivity contribution >= 4 is 43.7 Å². The van der Waals surface area contributed by atoms with Gasteiger partial charge in [0.2, 0.25) is 0 Å². The van der Waals surface area contributed by atoms with Crippen LogP contribution in [0.15, 0.2) is 69.6 Å². The van der Waals surface area contributed by atoms with E-state index >= 15 is 0 Å². The van der Waals surface area contributed by atoms with Crippen molar-refractivity contribution in [3.63, 3.8) is 0 Å². The third kappa shape index (κ3) is 6.36. The van der Waals surface area contributed by atoms with Gasteiger partial charge in [-0.3, -0.25) is 4.79 Å². The lowest BCUT2D eigenvalue weighted by Gasteiger charge is -2.17. The van der Waals surface area contributed by atoms with Crippen molar-refractivity contribution in [1.82, 2.24) is 5.32 Å². The number of aromatic hydroxyl groups is 1. The number of aliphatic carboxylic acids is 1. The van der Waals surface area contributed by atoms with E-state index in [1.165, 1.54) is 0 Å². The maximum Gasteiger partial charge on any atom is 0.326 e. The molecule has 0 heterocycles. The minimum atomic E-state index is -1.11. The first-order chi connectivity index (χ1) is 15.7. The smallest absolute Gasteiger partial charge is 0.326 e. The first-order valence-corrected chi connectivity index (χ1v) is 11.8. The highest BCUT2D eigenvalue weighted by Crippen LogP contribution is 2.39. The molecule has 1 atom stereocenters. The first-order valence-electron chi connectivity index (χ1n) is 10.2. The molecule has 3 aromatic rings. The van der Waals surface area contributed by atoms with E-state index in [1.807, 2.05) is 44.2 Å². The Kier molecular flexibility index (Phi) is 8.15. The summed E-state index contributed by atoms with van der Waals surface area (Å²) in [7, 11) is 0. The van der Waals surface area contributed by atoms with Gasteiger partial charge in [-0.1, -0.05) is 44.2 Å². The van der Waals surface area contributed by atoms with E-state index in [0.717, 1.165) is 11.1 Å². The topological polar surface area (TPSA) is 95.9 Å². The monoisotopic (exact) mass is 575 g/mol. The Balaban J connectivity index is 1.79. The van der Waals surface area contributed by atoms with Gasteiger partial charge >= 0.3 is 5.97 Å².